The first-order valence-corrected chi connectivity index (χ1v) is 11.1. The number of nitrogens with zero attached hydrogens (tertiary/aromatic N) is 3. The molecule has 1 aromatic heterocycles. The van der Waals surface area contributed by atoms with Gasteiger partial charge in [-0.3, -0.25) is 4.68 Å². The van der Waals surface area contributed by atoms with Gasteiger partial charge in [0.1, 0.15) is 12.4 Å². The molecule has 4 rings (SSSR count). The van der Waals surface area contributed by atoms with Crippen LogP contribution in [0.5, 0.6) is 0 Å². The number of alkyl halides is 2. The molecule has 0 N–H and O–H groups in total. The van der Waals surface area contributed by atoms with Gasteiger partial charge in [-0.2, -0.15) is 5.10 Å². The first-order valence-electron chi connectivity index (χ1n) is 11.1. The van der Waals surface area contributed by atoms with Crippen LogP contribution in [0.15, 0.2) is 42.6 Å². The zero-order valence-electron chi connectivity index (χ0n) is 18.8. The number of halogens is 3. The lowest BCUT2D eigenvalue weighted by atomic mass is 9.73. The number of rotatable bonds is 7. The maximum atomic E-state index is 13.5. The molecule has 0 aliphatic carbocycles. The van der Waals surface area contributed by atoms with Crippen molar-refractivity contribution >= 4 is 10.9 Å². The fourth-order valence-corrected chi connectivity index (χ4v) is 4.65. The zero-order valence-corrected chi connectivity index (χ0v) is 18.8. The zero-order chi connectivity index (χ0) is 22.9. The molecule has 1 saturated heterocycles. The minimum absolute atomic E-state index is 0.188. The van der Waals surface area contributed by atoms with E-state index in [9.17, 15) is 13.2 Å². The van der Waals surface area contributed by atoms with Crippen molar-refractivity contribution in [3.63, 3.8) is 0 Å². The van der Waals surface area contributed by atoms with Gasteiger partial charge in [-0.15, -0.1) is 0 Å². The van der Waals surface area contributed by atoms with E-state index in [1.807, 2.05) is 38.1 Å². The van der Waals surface area contributed by atoms with E-state index in [-0.39, 0.29) is 17.3 Å². The van der Waals surface area contributed by atoms with E-state index in [4.69, 9.17) is 4.74 Å². The van der Waals surface area contributed by atoms with Crippen LogP contribution in [0.1, 0.15) is 42.6 Å². The van der Waals surface area contributed by atoms with Crippen LogP contribution in [0.2, 0.25) is 0 Å². The van der Waals surface area contributed by atoms with Crippen LogP contribution in [-0.2, 0) is 16.7 Å². The smallest absolute Gasteiger partial charge is 0.257 e. The molecule has 3 aromatic rings. The molecular formula is C25H30F3N3O. The van der Waals surface area contributed by atoms with Crippen molar-refractivity contribution in [3.05, 3.63) is 65.1 Å². The summed E-state index contributed by atoms with van der Waals surface area (Å²) in [5, 5.41) is 5.25. The van der Waals surface area contributed by atoms with Crippen molar-refractivity contribution in [2.75, 3.05) is 26.7 Å². The molecule has 2 heterocycles. The predicted octanol–water partition coefficient (Wildman–Crippen LogP) is 5.49. The quantitative estimate of drug-likeness (QED) is 0.482. The van der Waals surface area contributed by atoms with Crippen molar-refractivity contribution in [2.24, 2.45) is 0 Å². The highest BCUT2D eigenvalue weighted by Crippen LogP contribution is 2.38. The van der Waals surface area contributed by atoms with E-state index < -0.39 is 13.0 Å². The van der Waals surface area contributed by atoms with Gasteiger partial charge >= 0.3 is 0 Å². The molecule has 1 fully saturated rings. The largest absolute Gasteiger partial charge is 0.373 e. The summed E-state index contributed by atoms with van der Waals surface area (Å²) < 4.78 is 47.0. The molecule has 4 nitrogen and oxygen atoms in total. The third-order valence-electron chi connectivity index (χ3n) is 6.60. The second kappa shape index (κ2) is 9.24. The van der Waals surface area contributed by atoms with Crippen molar-refractivity contribution in [1.29, 1.82) is 0 Å². The average Bonchev–Trinajstić information content (AvgIpc) is 3.14. The van der Waals surface area contributed by atoms with Gasteiger partial charge in [-0.1, -0.05) is 18.2 Å². The van der Waals surface area contributed by atoms with Crippen LogP contribution in [0.4, 0.5) is 13.2 Å². The lowest BCUT2D eigenvalue weighted by Crippen LogP contribution is -2.44. The molecule has 0 radical (unpaired) electrons. The summed E-state index contributed by atoms with van der Waals surface area (Å²) in [6.45, 7) is 5.93. The van der Waals surface area contributed by atoms with Crippen LogP contribution >= 0.6 is 0 Å². The average molecular weight is 446 g/mol. The first-order chi connectivity index (χ1) is 15.3. The summed E-state index contributed by atoms with van der Waals surface area (Å²) in [6.07, 6.45) is 0.802. The van der Waals surface area contributed by atoms with Crippen LogP contribution in [0.25, 0.3) is 10.9 Å². The first kappa shape index (κ1) is 22.8. The van der Waals surface area contributed by atoms with Gasteiger partial charge in [-0.05, 0) is 76.2 Å². The summed E-state index contributed by atoms with van der Waals surface area (Å²) in [7, 11) is 2.11. The van der Waals surface area contributed by atoms with E-state index in [0.29, 0.717) is 12.1 Å². The summed E-state index contributed by atoms with van der Waals surface area (Å²) in [5.74, 6) is -0.243. The third-order valence-corrected chi connectivity index (χ3v) is 6.60. The summed E-state index contributed by atoms with van der Waals surface area (Å²) in [4.78, 5) is 2.30. The maximum Gasteiger partial charge on any atom is 0.257 e. The van der Waals surface area contributed by atoms with Gasteiger partial charge in [-0.25, -0.2) is 13.2 Å². The second-order valence-electron chi connectivity index (χ2n) is 9.08. The van der Waals surface area contributed by atoms with Crippen molar-refractivity contribution in [2.45, 2.75) is 51.2 Å². The number of likely N-dealkylation sites (tertiary alicyclic amines) is 1. The Labute approximate surface area is 187 Å². The Balaban J connectivity index is 1.59. The molecule has 1 aliphatic rings. The lowest BCUT2D eigenvalue weighted by Gasteiger charge is -2.41. The highest BCUT2D eigenvalue weighted by atomic mass is 19.3. The fourth-order valence-electron chi connectivity index (χ4n) is 4.65. The molecule has 1 unspecified atom stereocenters. The Morgan fingerprint density at radius 2 is 1.81 bits per heavy atom. The Morgan fingerprint density at radius 1 is 1.12 bits per heavy atom. The number of piperidine rings is 1. The lowest BCUT2D eigenvalue weighted by molar-refractivity contribution is 0.00693. The molecule has 0 spiro atoms. The monoisotopic (exact) mass is 445 g/mol. The normalized spacial score (nSPS) is 17.8. The Morgan fingerprint density at radius 3 is 2.47 bits per heavy atom. The van der Waals surface area contributed by atoms with E-state index in [0.717, 1.165) is 48.0 Å². The SMILES string of the molecule is Cc1cc(C(C)OCC2(c3ccc(F)cc3)CCN(C)CC2)c2nn(CC(F)F)cc2c1. The molecule has 32 heavy (non-hydrogen) atoms. The molecule has 0 saturated carbocycles. The molecule has 0 bridgehead atoms. The van der Waals surface area contributed by atoms with E-state index >= 15 is 0 Å². The number of hydrogen-bond acceptors (Lipinski definition) is 3. The summed E-state index contributed by atoms with van der Waals surface area (Å²) in [5.41, 5.74) is 3.53. The van der Waals surface area contributed by atoms with Crippen molar-refractivity contribution in [3.8, 4) is 0 Å². The fraction of sp³-hybridized carbons (Fsp3) is 0.480. The number of aryl methyl sites for hydroxylation is 1. The number of aromatic nitrogens is 2. The number of hydrogen-bond donors (Lipinski definition) is 0. The van der Waals surface area contributed by atoms with Gasteiger partial charge in [0.05, 0.1) is 18.2 Å². The molecule has 172 valence electrons. The standard InChI is InChI=1S/C25H30F3N3O/c1-17-12-19-14-31(15-23(27)28)29-24(19)22(13-17)18(2)32-16-25(8-10-30(3)11-9-25)20-4-6-21(26)7-5-20/h4-7,12-14,18,23H,8-11,15-16H2,1-3H3. The molecule has 1 atom stereocenters. The minimum atomic E-state index is -2.46. The van der Waals surface area contributed by atoms with Gasteiger partial charge in [0, 0.05) is 22.6 Å². The molecule has 0 amide bonds. The van der Waals surface area contributed by atoms with Gasteiger partial charge in [0.15, 0.2) is 0 Å². The van der Waals surface area contributed by atoms with Gasteiger partial charge < -0.3 is 9.64 Å². The van der Waals surface area contributed by atoms with Crippen LogP contribution in [0, 0.1) is 12.7 Å². The van der Waals surface area contributed by atoms with Crippen molar-refractivity contribution in [1.82, 2.24) is 14.7 Å². The number of benzene rings is 2. The van der Waals surface area contributed by atoms with Crippen LogP contribution < -0.4 is 0 Å². The minimum Gasteiger partial charge on any atom is -0.373 e. The van der Waals surface area contributed by atoms with Crippen molar-refractivity contribution < 1.29 is 17.9 Å². The molecular weight excluding hydrogens is 415 g/mol. The van der Waals surface area contributed by atoms with E-state index in [1.54, 1.807) is 6.20 Å². The highest BCUT2D eigenvalue weighted by molar-refractivity contribution is 5.82. The predicted molar refractivity (Wildman–Crippen MR) is 120 cm³/mol. The van der Waals surface area contributed by atoms with E-state index in [1.165, 1.54) is 16.8 Å². The number of ether oxygens (including phenoxy) is 1. The maximum absolute atomic E-state index is 13.5. The second-order valence-corrected chi connectivity index (χ2v) is 9.08. The summed E-state index contributed by atoms with van der Waals surface area (Å²) >= 11 is 0. The molecule has 2 aromatic carbocycles. The number of fused-ring (bicyclic) bond motifs is 1. The van der Waals surface area contributed by atoms with Crippen LogP contribution in [-0.4, -0.2) is 47.8 Å². The van der Waals surface area contributed by atoms with Gasteiger partial charge in [0.2, 0.25) is 0 Å². The van der Waals surface area contributed by atoms with Crippen LogP contribution in [0.3, 0.4) is 0 Å². The van der Waals surface area contributed by atoms with E-state index in [2.05, 4.69) is 17.0 Å². The Bertz CT molecular complexity index is 1060. The topological polar surface area (TPSA) is 30.3 Å². The third kappa shape index (κ3) is 4.84. The summed E-state index contributed by atoms with van der Waals surface area (Å²) in [6, 6.07) is 10.7. The molecule has 1 aliphatic heterocycles. The highest BCUT2D eigenvalue weighted by Gasteiger charge is 2.36. The van der Waals surface area contributed by atoms with Gasteiger partial charge in [0.25, 0.3) is 6.43 Å². The Kier molecular flexibility index (Phi) is 6.58. The Hall–Kier alpha value is -2.38. The molecule has 7 heteroatoms.